The van der Waals surface area contributed by atoms with Crippen LogP contribution in [0, 0.1) is 0 Å². The van der Waals surface area contributed by atoms with E-state index < -0.39 is 10.0 Å². The lowest BCUT2D eigenvalue weighted by Crippen LogP contribution is -2.25. The van der Waals surface area contributed by atoms with Crippen molar-refractivity contribution in [2.45, 2.75) is 24.3 Å². The molecule has 184 valence electrons. The summed E-state index contributed by atoms with van der Waals surface area (Å²) in [5, 5.41) is 6.45. The second-order valence-corrected chi connectivity index (χ2v) is 10.4. The van der Waals surface area contributed by atoms with Gasteiger partial charge in [0.2, 0.25) is 21.9 Å². The molecule has 0 saturated heterocycles. The Labute approximate surface area is 212 Å². The SMILES string of the molecule is O=C1Cc2cnc(Nc3ccc(S(=O)(=O)NCCCn4ccnc4)cc3)nc2-c2ccc(Cl)cc2N1. The Morgan fingerprint density at radius 3 is 2.75 bits per heavy atom. The Kier molecular flexibility index (Phi) is 6.68. The molecule has 0 spiro atoms. The van der Waals surface area contributed by atoms with Crippen LogP contribution in [-0.4, -0.2) is 40.4 Å². The monoisotopic (exact) mass is 523 g/mol. The zero-order chi connectivity index (χ0) is 25.1. The fourth-order valence-corrected chi connectivity index (χ4v) is 5.09. The van der Waals surface area contributed by atoms with Gasteiger partial charge in [-0.15, -0.1) is 0 Å². The van der Waals surface area contributed by atoms with E-state index in [1.807, 2.05) is 10.8 Å². The molecule has 4 aromatic rings. The van der Waals surface area contributed by atoms with E-state index in [1.54, 1.807) is 49.1 Å². The number of nitrogens with one attached hydrogen (secondary N) is 3. The van der Waals surface area contributed by atoms with Gasteiger partial charge in [0.1, 0.15) is 0 Å². The molecule has 0 aliphatic carbocycles. The first-order valence-electron chi connectivity index (χ1n) is 11.2. The number of amides is 1. The molecular formula is C24H22ClN7O3S. The molecule has 12 heteroatoms. The first-order chi connectivity index (χ1) is 17.4. The molecule has 0 bridgehead atoms. The highest BCUT2D eigenvalue weighted by molar-refractivity contribution is 7.89. The molecule has 0 radical (unpaired) electrons. The number of hydrogen-bond donors (Lipinski definition) is 3. The second-order valence-electron chi connectivity index (χ2n) is 8.18. The number of rotatable bonds is 8. The Morgan fingerprint density at radius 2 is 1.97 bits per heavy atom. The van der Waals surface area contributed by atoms with E-state index in [0.717, 1.165) is 5.56 Å². The molecule has 0 atom stereocenters. The van der Waals surface area contributed by atoms with Crippen LogP contribution in [0.5, 0.6) is 0 Å². The van der Waals surface area contributed by atoms with Crippen LogP contribution in [0.2, 0.25) is 5.02 Å². The lowest BCUT2D eigenvalue weighted by atomic mass is 10.1. The predicted octanol–water partition coefficient (Wildman–Crippen LogP) is 3.60. The van der Waals surface area contributed by atoms with E-state index in [4.69, 9.17) is 11.6 Å². The Bertz CT molecular complexity index is 1510. The number of hydrogen-bond acceptors (Lipinski definition) is 7. The average Bonchev–Trinajstić information content (AvgIpc) is 3.32. The van der Waals surface area contributed by atoms with Crippen molar-refractivity contribution in [1.82, 2.24) is 24.2 Å². The molecule has 2 aromatic heterocycles. The van der Waals surface area contributed by atoms with Gasteiger partial charge in [0.25, 0.3) is 0 Å². The highest BCUT2D eigenvalue weighted by Crippen LogP contribution is 2.34. The quantitative estimate of drug-likeness (QED) is 0.301. The number of carbonyl (C=O) groups excluding carboxylic acids is 1. The standard InChI is InChI=1S/C24H22ClN7O3S/c25-17-2-7-20-21(13-17)30-22(33)12-16-14-27-24(31-23(16)20)29-18-3-5-19(6-4-18)36(34,35)28-8-1-10-32-11-9-26-15-32/h2-7,9,11,13-15,28H,1,8,10,12H2,(H,30,33)(H,27,29,31). The third kappa shape index (κ3) is 5.38. The van der Waals surface area contributed by atoms with E-state index in [1.165, 1.54) is 12.1 Å². The average molecular weight is 524 g/mol. The van der Waals surface area contributed by atoms with Crippen molar-refractivity contribution in [3.05, 3.63) is 78.0 Å². The van der Waals surface area contributed by atoms with Crippen LogP contribution < -0.4 is 15.4 Å². The third-order valence-electron chi connectivity index (χ3n) is 5.59. The van der Waals surface area contributed by atoms with Crippen LogP contribution in [0.4, 0.5) is 17.3 Å². The minimum Gasteiger partial charge on any atom is -0.337 e. The molecule has 5 rings (SSSR count). The number of nitrogens with zero attached hydrogens (tertiary/aromatic N) is 4. The van der Waals surface area contributed by atoms with E-state index >= 15 is 0 Å². The fourth-order valence-electron chi connectivity index (χ4n) is 3.84. The predicted molar refractivity (Wildman–Crippen MR) is 137 cm³/mol. The summed E-state index contributed by atoms with van der Waals surface area (Å²) < 4.78 is 29.7. The van der Waals surface area contributed by atoms with Crippen molar-refractivity contribution < 1.29 is 13.2 Å². The smallest absolute Gasteiger partial charge is 0.240 e. The maximum Gasteiger partial charge on any atom is 0.240 e. The van der Waals surface area contributed by atoms with Gasteiger partial charge in [-0.25, -0.2) is 28.1 Å². The van der Waals surface area contributed by atoms with E-state index in [0.29, 0.717) is 53.1 Å². The first-order valence-corrected chi connectivity index (χ1v) is 13.0. The maximum atomic E-state index is 12.6. The van der Waals surface area contributed by atoms with Crippen LogP contribution in [0.3, 0.4) is 0 Å². The molecule has 1 aliphatic rings. The normalized spacial score (nSPS) is 12.9. The summed E-state index contributed by atoms with van der Waals surface area (Å²) >= 11 is 6.10. The highest BCUT2D eigenvalue weighted by Gasteiger charge is 2.21. The minimum absolute atomic E-state index is 0.143. The summed E-state index contributed by atoms with van der Waals surface area (Å²) in [6, 6.07) is 11.6. The van der Waals surface area contributed by atoms with Gasteiger partial charge >= 0.3 is 0 Å². The maximum absolute atomic E-state index is 12.6. The third-order valence-corrected chi connectivity index (χ3v) is 7.30. The second kappa shape index (κ2) is 10.1. The molecule has 0 saturated carbocycles. The number of benzene rings is 2. The molecule has 0 fully saturated rings. The zero-order valence-electron chi connectivity index (χ0n) is 19.0. The summed E-state index contributed by atoms with van der Waals surface area (Å²) in [7, 11) is -3.63. The van der Waals surface area contributed by atoms with Crippen LogP contribution in [0.25, 0.3) is 11.3 Å². The summed E-state index contributed by atoms with van der Waals surface area (Å²) in [5.74, 6) is 0.144. The van der Waals surface area contributed by atoms with Gasteiger partial charge in [0.15, 0.2) is 0 Å². The molecule has 1 amide bonds. The van der Waals surface area contributed by atoms with Gasteiger partial charge in [-0.05, 0) is 48.9 Å². The van der Waals surface area contributed by atoms with Gasteiger partial charge in [0.05, 0.1) is 29.0 Å². The summed E-state index contributed by atoms with van der Waals surface area (Å²) in [5.41, 5.74) is 3.26. The fraction of sp³-hybridized carbons (Fsp3) is 0.167. The van der Waals surface area contributed by atoms with E-state index in [9.17, 15) is 13.2 Å². The highest BCUT2D eigenvalue weighted by atomic mass is 35.5. The number of halogens is 1. The van der Waals surface area contributed by atoms with Crippen LogP contribution >= 0.6 is 11.6 Å². The van der Waals surface area contributed by atoms with Gasteiger partial charge < -0.3 is 15.2 Å². The Morgan fingerprint density at radius 1 is 1.14 bits per heavy atom. The Balaban J connectivity index is 1.28. The Hall–Kier alpha value is -3.80. The van der Waals surface area contributed by atoms with Gasteiger partial charge in [-0.3, -0.25) is 4.79 Å². The minimum atomic E-state index is -3.63. The number of aromatic nitrogens is 4. The lowest BCUT2D eigenvalue weighted by molar-refractivity contribution is -0.115. The summed E-state index contributed by atoms with van der Waals surface area (Å²) in [4.78, 5) is 25.3. The number of fused-ring (bicyclic) bond motifs is 3. The zero-order valence-corrected chi connectivity index (χ0v) is 20.6. The van der Waals surface area contributed by atoms with Crippen molar-refractivity contribution in [3.63, 3.8) is 0 Å². The number of carbonyl (C=O) groups is 1. The molecule has 1 aliphatic heterocycles. The number of aryl methyl sites for hydroxylation is 1. The number of sulfonamides is 1. The van der Waals surface area contributed by atoms with Crippen LogP contribution in [-0.2, 0) is 27.8 Å². The molecular weight excluding hydrogens is 502 g/mol. The first kappa shape index (κ1) is 23.9. The van der Waals surface area contributed by atoms with Crippen molar-refractivity contribution >= 4 is 44.9 Å². The van der Waals surface area contributed by atoms with Crippen molar-refractivity contribution in [2.75, 3.05) is 17.2 Å². The van der Waals surface area contributed by atoms with Gasteiger partial charge in [-0.1, -0.05) is 11.6 Å². The van der Waals surface area contributed by atoms with Gasteiger partial charge in [0, 0.05) is 53.5 Å². The molecule has 3 heterocycles. The number of anilines is 3. The van der Waals surface area contributed by atoms with Gasteiger partial charge in [-0.2, -0.15) is 0 Å². The molecule has 2 aromatic carbocycles. The number of imidazole rings is 1. The topological polar surface area (TPSA) is 131 Å². The largest absolute Gasteiger partial charge is 0.337 e. The van der Waals surface area contributed by atoms with Crippen molar-refractivity contribution in [2.24, 2.45) is 0 Å². The van der Waals surface area contributed by atoms with Crippen LogP contribution in [0.1, 0.15) is 12.0 Å². The molecule has 36 heavy (non-hydrogen) atoms. The van der Waals surface area contributed by atoms with Crippen LogP contribution in [0.15, 0.2) is 72.3 Å². The molecule has 3 N–H and O–H groups in total. The summed E-state index contributed by atoms with van der Waals surface area (Å²) in [6.07, 6.45) is 7.60. The van der Waals surface area contributed by atoms with E-state index in [2.05, 4.69) is 30.3 Å². The van der Waals surface area contributed by atoms with E-state index in [-0.39, 0.29) is 17.2 Å². The molecule has 0 unspecified atom stereocenters. The lowest BCUT2D eigenvalue weighted by Gasteiger charge is -2.11. The summed E-state index contributed by atoms with van der Waals surface area (Å²) in [6.45, 7) is 0.988. The molecule has 10 nitrogen and oxygen atoms in total. The van der Waals surface area contributed by atoms with Crippen molar-refractivity contribution in [3.8, 4) is 11.3 Å². The van der Waals surface area contributed by atoms with Crippen molar-refractivity contribution in [1.29, 1.82) is 0 Å².